The molecule has 2 rings (SSSR count). The van der Waals surface area contributed by atoms with E-state index in [9.17, 15) is 9.59 Å². The summed E-state index contributed by atoms with van der Waals surface area (Å²) in [5, 5.41) is 0. The molecule has 0 bridgehead atoms. The van der Waals surface area contributed by atoms with Gasteiger partial charge in [0, 0.05) is 16.7 Å². The van der Waals surface area contributed by atoms with E-state index >= 15 is 0 Å². The molecule has 102 valence electrons. The Morgan fingerprint density at radius 3 is 2.35 bits per heavy atom. The van der Waals surface area contributed by atoms with Crippen LogP contribution in [0.25, 0.3) is 11.1 Å². The van der Waals surface area contributed by atoms with Gasteiger partial charge in [0.1, 0.15) is 5.75 Å². The highest BCUT2D eigenvalue weighted by Crippen LogP contribution is 2.33. The fourth-order valence-corrected chi connectivity index (χ4v) is 2.07. The van der Waals surface area contributed by atoms with E-state index in [-0.39, 0.29) is 5.78 Å². The zero-order chi connectivity index (χ0) is 14.7. The Morgan fingerprint density at radius 1 is 1.05 bits per heavy atom. The number of Topliss-reactive ketones (excluding diaryl/α,β-unsaturated/α-hetero) is 1. The first kappa shape index (κ1) is 13.8. The largest absolute Gasteiger partial charge is 0.496 e. The molecule has 2 N–H and O–H groups in total. The number of methoxy groups -OCH3 is 1. The van der Waals surface area contributed by atoms with Crippen molar-refractivity contribution in [1.29, 1.82) is 0 Å². The van der Waals surface area contributed by atoms with Crippen LogP contribution in [0.5, 0.6) is 5.75 Å². The highest BCUT2D eigenvalue weighted by Gasteiger charge is 2.14. The number of hydrogen-bond acceptors (Lipinski definition) is 3. The molecule has 0 fully saturated rings. The molecule has 0 heterocycles. The van der Waals surface area contributed by atoms with Gasteiger partial charge in [-0.2, -0.15) is 0 Å². The van der Waals surface area contributed by atoms with Gasteiger partial charge < -0.3 is 10.5 Å². The summed E-state index contributed by atoms with van der Waals surface area (Å²) in [4.78, 5) is 23.0. The average molecular weight is 269 g/mol. The lowest BCUT2D eigenvalue weighted by Crippen LogP contribution is -2.12. The van der Waals surface area contributed by atoms with Crippen molar-refractivity contribution in [3.8, 4) is 16.9 Å². The van der Waals surface area contributed by atoms with Crippen molar-refractivity contribution >= 4 is 11.7 Å². The first-order chi connectivity index (χ1) is 9.54. The number of carbonyl (C=O) groups excluding carboxylic acids is 2. The maximum atomic E-state index is 11.5. The molecule has 0 spiro atoms. The molecule has 0 aliphatic rings. The number of primary amides is 1. The number of carbonyl (C=O) groups is 2. The van der Waals surface area contributed by atoms with Gasteiger partial charge in [0.05, 0.1) is 7.11 Å². The Balaban J connectivity index is 2.70. The number of benzene rings is 2. The minimum atomic E-state index is -0.518. The second-order valence-electron chi connectivity index (χ2n) is 4.38. The minimum absolute atomic E-state index is 0.0505. The summed E-state index contributed by atoms with van der Waals surface area (Å²) >= 11 is 0. The molecule has 4 heteroatoms. The van der Waals surface area contributed by atoms with E-state index in [0.29, 0.717) is 28.0 Å². The molecule has 0 aliphatic carbocycles. The first-order valence-electron chi connectivity index (χ1n) is 6.12. The van der Waals surface area contributed by atoms with E-state index in [1.165, 1.54) is 6.92 Å². The molecule has 1 amide bonds. The van der Waals surface area contributed by atoms with Crippen LogP contribution in [-0.2, 0) is 0 Å². The number of ether oxygens (including phenoxy) is 1. The first-order valence-corrected chi connectivity index (χ1v) is 6.12. The molecular weight excluding hydrogens is 254 g/mol. The Hall–Kier alpha value is -2.62. The predicted octanol–water partition coefficient (Wildman–Crippen LogP) is 2.66. The van der Waals surface area contributed by atoms with Crippen LogP contribution in [0.2, 0.25) is 0 Å². The fourth-order valence-electron chi connectivity index (χ4n) is 2.07. The minimum Gasteiger partial charge on any atom is -0.496 e. The third-order valence-electron chi connectivity index (χ3n) is 3.09. The van der Waals surface area contributed by atoms with Gasteiger partial charge >= 0.3 is 0 Å². The summed E-state index contributed by atoms with van der Waals surface area (Å²) in [6, 6.07) is 12.1. The van der Waals surface area contributed by atoms with E-state index in [4.69, 9.17) is 10.5 Å². The summed E-state index contributed by atoms with van der Waals surface area (Å²) in [7, 11) is 1.54. The van der Waals surface area contributed by atoms with Crippen molar-refractivity contribution in [2.24, 2.45) is 5.73 Å². The molecule has 0 unspecified atom stereocenters. The van der Waals surface area contributed by atoms with E-state index in [1.54, 1.807) is 43.5 Å². The second kappa shape index (κ2) is 5.57. The molecule has 0 aliphatic heterocycles. The SMILES string of the molecule is COc1ccc(C(C)=O)cc1-c1ccccc1C(N)=O. The van der Waals surface area contributed by atoms with Gasteiger partial charge in [-0.25, -0.2) is 0 Å². The fraction of sp³-hybridized carbons (Fsp3) is 0.125. The van der Waals surface area contributed by atoms with Crippen molar-refractivity contribution in [3.63, 3.8) is 0 Å². The van der Waals surface area contributed by atoms with E-state index in [1.807, 2.05) is 6.07 Å². The monoisotopic (exact) mass is 269 g/mol. The molecule has 0 aromatic heterocycles. The molecular formula is C16H15NO3. The number of ketones is 1. The van der Waals surface area contributed by atoms with Crippen molar-refractivity contribution < 1.29 is 14.3 Å². The zero-order valence-corrected chi connectivity index (χ0v) is 11.3. The Morgan fingerprint density at radius 2 is 1.75 bits per heavy atom. The van der Waals surface area contributed by atoms with Crippen LogP contribution in [0.1, 0.15) is 27.6 Å². The Bertz CT molecular complexity index is 677. The smallest absolute Gasteiger partial charge is 0.249 e. The lowest BCUT2D eigenvalue weighted by molar-refractivity contribution is 0.0997. The number of nitrogens with two attached hydrogens (primary N) is 1. The predicted molar refractivity (Wildman–Crippen MR) is 77.0 cm³/mol. The van der Waals surface area contributed by atoms with Crippen LogP contribution < -0.4 is 10.5 Å². The number of amides is 1. The average Bonchev–Trinajstić information content (AvgIpc) is 2.46. The molecule has 2 aromatic carbocycles. The van der Waals surface area contributed by atoms with Gasteiger partial charge in [0.2, 0.25) is 5.91 Å². The third-order valence-corrected chi connectivity index (χ3v) is 3.09. The lowest BCUT2D eigenvalue weighted by atomic mass is 9.96. The maximum Gasteiger partial charge on any atom is 0.249 e. The molecule has 2 aromatic rings. The van der Waals surface area contributed by atoms with Crippen molar-refractivity contribution in [3.05, 3.63) is 53.6 Å². The van der Waals surface area contributed by atoms with Gasteiger partial charge in [-0.3, -0.25) is 9.59 Å². The van der Waals surface area contributed by atoms with E-state index in [0.717, 1.165) is 0 Å². The normalized spacial score (nSPS) is 10.1. The zero-order valence-electron chi connectivity index (χ0n) is 11.3. The highest BCUT2D eigenvalue weighted by molar-refractivity contribution is 6.02. The molecule has 20 heavy (non-hydrogen) atoms. The van der Waals surface area contributed by atoms with E-state index < -0.39 is 5.91 Å². The molecule has 0 atom stereocenters. The topological polar surface area (TPSA) is 69.4 Å². The van der Waals surface area contributed by atoms with Crippen LogP contribution in [0.15, 0.2) is 42.5 Å². The third kappa shape index (κ3) is 2.54. The summed E-state index contributed by atoms with van der Waals surface area (Å²) in [6.45, 7) is 1.49. The highest BCUT2D eigenvalue weighted by atomic mass is 16.5. The number of rotatable bonds is 4. The Labute approximate surface area is 117 Å². The second-order valence-corrected chi connectivity index (χ2v) is 4.38. The van der Waals surface area contributed by atoms with Gasteiger partial charge in [0.15, 0.2) is 5.78 Å². The summed E-state index contributed by atoms with van der Waals surface area (Å²) < 4.78 is 5.31. The van der Waals surface area contributed by atoms with Crippen LogP contribution >= 0.6 is 0 Å². The molecule has 0 saturated heterocycles. The van der Waals surface area contributed by atoms with Crippen LogP contribution in [0, 0.1) is 0 Å². The maximum absolute atomic E-state index is 11.5. The Kier molecular flexibility index (Phi) is 3.84. The van der Waals surface area contributed by atoms with Gasteiger partial charge in [-0.15, -0.1) is 0 Å². The van der Waals surface area contributed by atoms with Gasteiger partial charge in [0.25, 0.3) is 0 Å². The molecule has 0 radical (unpaired) electrons. The van der Waals surface area contributed by atoms with Crippen LogP contribution in [0.3, 0.4) is 0 Å². The van der Waals surface area contributed by atoms with E-state index in [2.05, 4.69) is 0 Å². The summed E-state index contributed by atoms with van der Waals surface area (Å²) in [6.07, 6.45) is 0. The van der Waals surface area contributed by atoms with Crippen molar-refractivity contribution in [2.75, 3.05) is 7.11 Å². The quantitative estimate of drug-likeness (QED) is 0.867. The van der Waals surface area contributed by atoms with Gasteiger partial charge in [-0.05, 0) is 36.8 Å². The summed E-state index contributed by atoms with van der Waals surface area (Å²) in [5.74, 6) is 0.0186. The standard InChI is InChI=1S/C16H15NO3/c1-10(18)11-7-8-15(20-2)14(9-11)12-5-3-4-6-13(12)16(17)19/h3-9H,1-2H3,(H2,17,19). The van der Waals surface area contributed by atoms with Crippen LogP contribution in [0.4, 0.5) is 0 Å². The van der Waals surface area contributed by atoms with Crippen molar-refractivity contribution in [1.82, 2.24) is 0 Å². The summed E-state index contributed by atoms with van der Waals surface area (Å²) in [5.41, 5.74) is 7.67. The van der Waals surface area contributed by atoms with Crippen LogP contribution in [-0.4, -0.2) is 18.8 Å². The lowest BCUT2D eigenvalue weighted by Gasteiger charge is -2.12. The molecule has 4 nitrogen and oxygen atoms in total. The molecule has 0 saturated carbocycles. The number of hydrogen-bond donors (Lipinski definition) is 1. The van der Waals surface area contributed by atoms with Crippen molar-refractivity contribution in [2.45, 2.75) is 6.92 Å². The van der Waals surface area contributed by atoms with Gasteiger partial charge in [-0.1, -0.05) is 18.2 Å².